The molecule has 1 aliphatic heterocycles. The van der Waals surface area contributed by atoms with E-state index in [-0.39, 0.29) is 29.7 Å². The van der Waals surface area contributed by atoms with Gasteiger partial charge < -0.3 is 25.2 Å². The SMILES string of the molecule is COc1cc(C(=O)NC2CCCC2)ccc1NC(=O)c1ncc2c(n1)N(C1CCCC1)CC(C)(C)C(=O)N2C. The highest BCUT2D eigenvalue weighted by Gasteiger charge is 2.41. The van der Waals surface area contributed by atoms with Gasteiger partial charge in [0, 0.05) is 31.2 Å². The van der Waals surface area contributed by atoms with Crippen molar-refractivity contribution < 1.29 is 19.1 Å². The van der Waals surface area contributed by atoms with Crippen molar-refractivity contribution in [1.82, 2.24) is 15.3 Å². The molecule has 10 nitrogen and oxygen atoms in total. The Kier molecular flexibility index (Phi) is 7.46. The lowest BCUT2D eigenvalue weighted by atomic mass is 9.91. The summed E-state index contributed by atoms with van der Waals surface area (Å²) in [7, 11) is 3.23. The van der Waals surface area contributed by atoms with E-state index < -0.39 is 11.3 Å². The highest BCUT2D eigenvalue weighted by atomic mass is 16.5. The van der Waals surface area contributed by atoms with Gasteiger partial charge in [0.2, 0.25) is 11.7 Å². The minimum absolute atomic E-state index is 0.00223. The van der Waals surface area contributed by atoms with Crippen LogP contribution in [0.25, 0.3) is 0 Å². The van der Waals surface area contributed by atoms with Crippen molar-refractivity contribution in [1.29, 1.82) is 0 Å². The van der Waals surface area contributed by atoms with E-state index in [1.807, 2.05) is 13.8 Å². The van der Waals surface area contributed by atoms with E-state index in [0.29, 0.717) is 35.1 Å². The summed E-state index contributed by atoms with van der Waals surface area (Å²) in [5.41, 5.74) is 0.879. The molecular weight excluding hydrogens is 496 g/mol. The first-order valence-electron chi connectivity index (χ1n) is 13.9. The monoisotopic (exact) mass is 534 g/mol. The van der Waals surface area contributed by atoms with Crippen LogP contribution in [0.1, 0.15) is 86.2 Å². The lowest BCUT2D eigenvalue weighted by Crippen LogP contribution is -2.45. The van der Waals surface area contributed by atoms with E-state index in [4.69, 9.17) is 9.72 Å². The van der Waals surface area contributed by atoms with E-state index in [0.717, 1.165) is 51.4 Å². The Hall–Kier alpha value is -3.69. The molecule has 2 saturated carbocycles. The molecule has 10 heteroatoms. The molecule has 1 aromatic carbocycles. The van der Waals surface area contributed by atoms with Crippen LogP contribution in [-0.4, -0.2) is 60.5 Å². The Morgan fingerprint density at radius 3 is 2.44 bits per heavy atom. The summed E-state index contributed by atoms with van der Waals surface area (Å²) in [6.45, 7) is 4.42. The molecular formula is C29H38N6O4. The first-order valence-corrected chi connectivity index (χ1v) is 13.9. The van der Waals surface area contributed by atoms with Gasteiger partial charge in [-0.1, -0.05) is 25.7 Å². The van der Waals surface area contributed by atoms with Crippen LogP contribution < -0.4 is 25.2 Å². The van der Waals surface area contributed by atoms with E-state index in [1.54, 1.807) is 36.3 Å². The fraction of sp³-hybridized carbons (Fsp3) is 0.552. The number of fused-ring (bicyclic) bond motifs is 1. The standard InChI is InChI=1S/C29H38N6O4/c1-29(2)17-35(20-11-7-8-12-20)25-22(34(3)28(29)38)16-30-24(33-25)27(37)32-21-14-13-18(15-23(21)39-4)26(36)31-19-9-5-6-10-19/h13-16,19-20H,5-12,17H2,1-4H3,(H,31,36)(H,32,37). The van der Waals surface area contributed by atoms with Gasteiger partial charge in [-0.3, -0.25) is 14.4 Å². The van der Waals surface area contributed by atoms with Gasteiger partial charge >= 0.3 is 0 Å². The first kappa shape index (κ1) is 26.9. The summed E-state index contributed by atoms with van der Waals surface area (Å²) < 4.78 is 5.50. The van der Waals surface area contributed by atoms with Crippen LogP contribution in [0.4, 0.5) is 17.2 Å². The van der Waals surface area contributed by atoms with Crippen molar-refractivity contribution in [3.05, 3.63) is 35.8 Å². The van der Waals surface area contributed by atoms with Gasteiger partial charge in [0.25, 0.3) is 11.8 Å². The van der Waals surface area contributed by atoms with Crippen LogP contribution >= 0.6 is 0 Å². The van der Waals surface area contributed by atoms with Crippen LogP contribution in [0.3, 0.4) is 0 Å². The fourth-order valence-electron chi connectivity index (χ4n) is 6.03. The summed E-state index contributed by atoms with van der Waals surface area (Å²) in [6, 6.07) is 5.42. The Labute approximate surface area is 229 Å². The summed E-state index contributed by atoms with van der Waals surface area (Å²) >= 11 is 0. The van der Waals surface area contributed by atoms with Gasteiger partial charge in [0.05, 0.1) is 24.4 Å². The number of ether oxygens (including phenoxy) is 1. The highest BCUT2D eigenvalue weighted by molar-refractivity contribution is 6.05. The van der Waals surface area contributed by atoms with Crippen molar-refractivity contribution in [2.24, 2.45) is 5.41 Å². The van der Waals surface area contributed by atoms with Gasteiger partial charge in [0.15, 0.2) is 5.82 Å². The molecule has 1 aromatic heterocycles. The third kappa shape index (κ3) is 5.42. The van der Waals surface area contributed by atoms with Crippen LogP contribution in [0.5, 0.6) is 5.75 Å². The predicted octanol–water partition coefficient (Wildman–Crippen LogP) is 4.16. The van der Waals surface area contributed by atoms with E-state index in [2.05, 4.69) is 20.5 Å². The van der Waals surface area contributed by atoms with Crippen molar-refractivity contribution in [2.75, 3.05) is 35.8 Å². The fourth-order valence-corrected chi connectivity index (χ4v) is 6.03. The smallest absolute Gasteiger partial charge is 0.293 e. The quantitative estimate of drug-likeness (QED) is 0.572. The third-order valence-corrected chi connectivity index (χ3v) is 8.20. The van der Waals surface area contributed by atoms with Crippen LogP contribution in [-0.2, 0) is 4.79 Å². The zero-order valence-electron chi connectivity index (χ0n) is 23.2. The number of anilines is 3. The molecule has 2 N–H and O–H groups in total. The Morgan fingerprint density at radius 2 is 1.74 bits per heavy atom. The number of amides is 3. The molecule has 0 spiro atoms. The number of benzene rings is 1. The van der Waals surface area contributed by atoms with Crippen LogP contribution in [0.2, 0.25) is 0 Å². The second-order valence-electron chi connectivity index (χ2n) is 11.5. The molecule has 3 aliphatic rings. The molecule has 0 unspecified atom stereocenters. The molecule has 2 heterocycles. The number of nitrogens with zero attached hydrogens (tertiary/aromatic N) is 4. The topological polar surface area (TPSA) is 117 Å². The molecule has 0 atom stereocenters. The summed E-state index contributed by atoms with van der Waals surface area (Å²) in [5, 5.41) is 5.91. The number of rotatable bonds is 6. The molecule has 208 valence electrons. The molecule has 2 aliphatic carbocycles. The largest absolute Gasteiger partial charge is 0.495 e. The average molecular weight is 535 g/mol. The van der Waals surface area contributed by atoms with Crippen molar-refractivity contribution in [3.63, 3.8) is 0 Å². The van der Waals surface area contributed by atoms with Gasteiger partial charge in [-0.15, -0.1) is 0 Å². The molecule has 39 heavy (non-hydrogen) atoms. The Morgan fingerprint density at radius 1 is 1.05 bits per heavy atom. The Bertz CT molecular complexity index is 1270. The van der Waals surface area contributed by atoms with E-state index in [1.165, 1.54) is 7.11 Å². The first-order chi connectivity index (χ1) is 18.7. The van der Waals surface area contributed by atoms with Crippen molar-refractivity contribution in [3.8, 4) is 5.75 Å². The summed E-state index contributed by atoms with van der Waals surface area (Å²) in [5.74, 6) is 0.323. The van der Waals surface area contributed by atoms with E-state index in [9.17, 15) is 14.4 Å². The highest BCUT2D eigenvalue weighted by Crippen LogP contribution is 2.40. The molecule has 0 bridgehead atoms. The third-order valence-electron chi connectivity index (χ3n) is 8.20. The van der Waals surface area contributed by atoms with Gasteiger partial charge in [-0.25, -0.2) is 9.97 Å². The number of aromatic nitrogens is 2. The minimum atomic E-state index is -0.611. The zero-order chi connectivity index (χ0) is 27.7. The maximum absolute atomic E-state index is 13.3. The predicted molar refractivity (Wildman–Crippen MR) is 149 cm³/mol. The maximum atomic E-state index is 13.3. The number of nitrogens with one attached hydrogen (secondary N) is 2. The van der Waals surface area contributed by atoms with Gasteiger partial charge in [0.1, 0.15) is 11.4 Å². The van der Waals surface area contributed by atoms with Crippen LogP contribution in [0.15, 0.2) is 24.4 Å². The normalized spacial score (nSPS) is 19.5. The van der Waals surface area contributed by atoms with Crippen LogP contribution in [0, 0.1) is 5.41 Å². The van der Waals surface area contributed by atoms with Gasteiger partial charge in [-0.2, -0.15) is 0 Å². The molecule has 0 saturated heterocycles. The molecule has 2 aromatic rings. The summed E-state index contributed by atoms with van der Waals surface area (Å²) in [4.78, 5) is 52.1. The molecule has 2 fully saturated rings. The van der Waals surface area contributed by atoms with Gasteiger partial charge in [-0.05, 0) is 57.7 Å². The number of hydrogen-bond donors (Lipinski definition) is 2. The summed E-state index contributed by atoms with van der Waals surface area (Å²) in [6.07, 6.45) is 10.1. The maximum Gasteiger partial charge on any atom is 0.293 e. The minimum Gasteiger partial charge on any atom is -0.495 e. The van der Waals surface area contributed by atoms with E-state index >= 15 is 0 Å². The second-order valence-corrected chi connectivity index (χ2v) is 11.5. The van der Waals surface area contributed by atoms with Crippen molar-refractivity contribution in [2.45, 2.75) is 77.3 Å². The second kappa shape index (κ2) is 10.8. The number of carbonyl (C=O) groups excluding carboxylic acids is 3. The molecule has 0 radical (unpaired) electrons. The Balaban J connectivity index is 1.40. The number of hydrogen-bond acceptors (Lipinski definition) is 7. The molecule has 3 amide bonds. The molecule has 5 rings (SSSR count). The average Bonchev–Trinajstić information content (AvgIpc) is 3.64. The number of methoxy groups -OCH3 is 1. The van der Waals surface area contributed by atoms with Crippen molar-refractivity contribution >= 4 is 34.9 Å². The number of carbonyl (C=O) groups is 3. The zero-order valence-corrected chi connectivity index (χ0v) is 23.2. The lowest BCUT2D eigenvalue weighted by molar-refractivity contribution is -0.125. The lowest BCUT2D eigenvalue weighted by Gasteiger charge is -2.34.